The molecule has 0 amide bonds. The summed E-state index contributed by atoms with van der Waals surface area (Å²) in [6.45, 7) is 8.94. The summed E-state index contributed by atoms with van der Waals surface area (Å²) >= 11 is 0. The Kier molecular flexibility index (Phi) is 4.11. The summed E-state index contributed by atoms with van der Waals surface area (Å²) in [7, 11) is 0. The lowest BCUT2D eigenvalue weighted by Crippen LogP contribution is -2.56. The standard InChI is InChI=1S/C17H27N3/c1-13-6-3-4-8-16(13)17(10-18)20-12-15-7-5-9-19(15)11-14(20)2/h3-4,6,8,14-15,17H,5,7,9-12,18H2,1-2H3. The molecule has 0 aliphatic carbocycles. The van der Waals surface area contributed by atoms with Crippen molar-refractivity contribution in [2.45, 2.75) is 44.8 Å². The molecule has 20 heavy (non-hydrogen) atoms. The van der Waals surface area contributed by atoms with Gasteiger partial charge in [-0.25, -0.2) is 0 Å². The first-order valence-corrected chi connectivity index (χ1v) is 7.96. The number of rotatable bonds is 3. The van der Waals surface area contributed by atoms with Crippen LogP contribution in [0.2, 0.25) is 0 Å². The van der Waals surface area contributed by atoms with Crippen molar-refractivity contribution < 1.29 is 0 Å². The first-order chi connectivity index (χ1) is 9.70. The van der Waals surface area contributed by atoms with Gasteiger partial charge in [0, 0.05) is 37.8 Å². The van der Waals surface area contributed by atoms with Gasteiger partial charge < -0.3 is 5.73 Å². The zero-order chi connectivity index (χ0) is 14.1. The van der Waals surface area contributed by atoms with Crippen LogP contribution < -0.4 is 5.73 Å². The first-order valence-electron chi connectivity index (χ1n) is 7.96. The summed E-state index contributed by atoms with van der Waals surface area (Å²) in [4.78, 5) is 5.32. The number of hydrogen-bond donors (Lipinski definition) is 1. The maximum absolute atomic E-state index is 6.15. The number of nitrogens with zero attached hydrogens (tertiary/aromatic N) is 2. The normalized spacial score (nSPS) is 29.4. The second kappa shape index (κ2) is 5.84. The third kappa shape index (κ3) is 2.50. The Labute approximate surface area is 122 Å². The Morgan fingerprint density at radius 1 is 1.30 bits per heavy atom. The van der Waals surface area contributed by atoms with Crippen LogP contribution in [-0.2, 0) is 0 Å². The van der Waals surface area contributed by atoms with E-state index < -0.39 is 0 Å². The van der Waals surface area contributed by atoms with E-state index in [0.29, 0.717) is 18.6 Å². The van der Waals surface area contributed by atoms with Gasteiger partial charge in [-0.15, -0.1) is 0 Å². The van der Waals surface area contributed by atoms with Crippen LogP contribution in [0.25, 0.3) is 0 Å². The lowest BCUT2D eigenvalue weighted by atomic mass is 9.96. The van der Waals surface area contributed by atoms with Crippen LogP contribution in [-0.4, -0.2) is 48.1 Å². The van der Waals surface area contributed by atoms with Gasteiger partial charge in [0.1, 0.15) is 0 Å². The maximum Gasteiger partial charge on any atom is 0.0477 e. The van der Waals surface area contributed by atoms with Crippen LogP contribution in [0.5, 0.6) is 0 Å². The molecule has 0 bridgehead atoms. The fourth-order valence-electron chi connectivity index (χ4n) is 4.05. The van der Waals surface area contributed by atoms with Crippen LogP contribution in [0.15, 0.2) is 24.3 Å². The van der Waals surface area contributed by atoms with Crippen molar-refractivity contribution in [1.29, 1.82) is 0 Å². The average molecular weight is 273 g/mol. The molecule has 0 radical (unpaired) electrons. The van der Waals surface area contributed by atoms with Crippen molar-refractivity contribution in [3.63, 3.8) is 0 Å². The Balaban J connectivity index is 1.83. The molecule has 2 saturated heterocycles. The fourth-order valence-corrected chi connectivity index (χ4v) is 4.05. The van der Waals surface area contributed by atoms with E-state index >= 15 is 0 Å². The number of piperazine rings is 1. The molecule has 2 aliphatic rings. The molecule has 0 aromatic heterocycles. The zero-order valence-corrected chi connectivity index (χ0v) is 12.8. The van der Waals surface area contributed by atoms with Crippen LogP contribution in [0, 0.1) is 6.92 Å². The molecule has 0 spiro atoms. The topological polar surface area (TPSA) is 32.5 Å². The Morgan fingerprint density at radius 2 is 2.10 bits per heavy atom. The lowest BCUT2D eigenvalue weighted by molar-refractivity contribution is 0.0294. The van der Waals surface area contributed by atoms with Gasteiger partial charge >= 0.3 is 0 Å². The quantitative estimate of drug-likeness (QED) is 0.916. The van der Waals surface area contributed by atoms with Gasteiger partial charge in [0.15, 0.2) is 0 Å². The first kappa shape index (κ1) is 14.1. The van der Waals surface area contributed by atoms with Crippen molar-refractivity contribution in [3.8, 4) is 0 Å². The third-order valence-corrected chi connectivity index (χ3v) is 5.16. The van der Waals surface area contributed by atoms with Crippen LogP contribution in [0.3, 0.4) is 0 Å². The number of hydrogen-bond acceptors (Lipinski definition) is 3. The molecule has 3 atom stereocenters. The number of fused-ring (bicyclic) bond motifs is 1. The zero-order valence-electron chi connectivity index (χ0n) is 12.8. The minimum absolute atomic E-state index is 0.369. The van der Waals surface area contributed by atoms with Crippen LogP contribution >= 0.6 is 0 Å². The predicted octanol–water partition coefficient (Wildman–Crippen LogP) is 2.16. The predicted molar refractivity (Wildman–Crippen MR) is 83.7 cm³/mol. The molecule has 110 valence electrons. The largest absolute Gasteiger partial charge is 0.329 e. The highest BCUT2D eigenvalue weighted by Crippen LogP contribution is 2.31. The molecular weight excluding hydrogens is 246 g/mol. The Bertz CT molecular complexity index is 459. The van der Waals surface area contributed by atoms with Crippen molar-refractivity contribution in [2.24, 2.45) is 5.73 Å². The summed E-state index contributed by atoms with van der Waals surface area (Å²) in [6.07, 6.45) is 2.72. The second-order valence-corrected chi connectivity index (χ2v) is 6.44. The summed E-state index contributed by atoms with van der Waals surface area (Å²) < 4.78 is 0. The lowest BCUT2D eigenvalue weighted by Gasteiger charge is -2.46. The van der Waals surface area contributed by atoms with Crippen molar-refractivity contribution >= 4 is 0 Å². The van der Waals surface area contributed by atoms with E-state index in [1.165, 1.54) is 43.6 Å². The smallest absolute Gasteiger partial charge is 0.0477 e. The van der Waals surface area contributed by atoms with Gasteiger partial charge in [-0.05, 0) is 44.4 Å². The van der Waals surface area contributed by atoms with Crippen LogP contribution in [0.1, 0.15) is 36.9 Å². The summed E-state index contributed by atoms with van der Waals surface area (Å²) in [5, 5.41) is 0. The van der Waals surface area contributed by atoms with E-state index in [-0.39, 0.29) is 0 Å². The minimum Gasteiger partial charge on any atom is -0.329 e. The molecule has 2 N–H and O–H groups in total. The monoisotopic (exact) mass is 273 g/mol. The van der Waals surface area contributed by atoms with E-state index in [4.69, 9.17) is 5.73 Å². The van der Waals surface area contributed by atoms with E-state index in [1.807, 2.05) is 0 Å². The van der Waals surface area contributed by atoms with Gasteiger partial charge in [0.25, 0.3) is 0 Å². The van der Waals surface area contributed by atoms with Gasteiger partial charge in [-0.2, -0.15) is 0 Å². The fraction of sp³-hybridized carbons (Fsp3) is 0.647. The van der Waals surface area contributed by atoms with E-state index in [2.05, 4.69) is 47.9 Å². The van der Waals surface area contributed by atoms with E-state index in [9.17, 15) is 0 Å². The molecule has 3 unspecified atom stereocenters. The van der Waals surface area contributed by atoms with Crippen molar-refractivity contribution in [1.82, 2.24) is 9.80 Å². The molecule has 1 aromatic carbocycles. The molecular formula is C17H27N3. The average Bonchev–Trinajstić information content (AvgIpc) is 2.89. The molecule has 3 nitrogen and oxygen atoms in total. The molecule has 2 heterocycles. The molecule has 2 aliphatic heterocycles. The van der Waals surface area contributed by atoms with Gasteiger partial charge in [0.05, 0.1) is 0 Å². The van der Waals surface area contributed by atoms with Crippen molar-refractivity contribution in [2.75, 3.05) is 26.2 Å². The number of benzene rings is 1. The summed E-state index contributed by atoms with van der Waals surface area (Å²) in [5.74, 6) is 0. The Morgan fingerprint density at radius 3 is 2.85 bits per heavy atom. The summed E-state index contributed by atoms with van der Waals surface area (Å²) in [6, 6.07) is 10.4. The molecule has 3 rings (SSSR count). The highest BCUT2D eigenvalue weighted by molar-refractivity contribution is 5.29. The molecule has 0 saturated carbocycles. The summed E-state index contributed by atoms with van der Waals surface area (Å²) in [5.41, 5.74) is 8.92. The van der Waals surface area contributed by atoms with Crippen molar-refractivity contribution in [3.05, 3.63) is 35.4 Å². The SMILES string of the molecule is Cc1ccccc1C(CN)N1CC2CCCN2CC1C. The minimum atomic E-state index is 0.369. The Hall–Kier alpha value is -0.900. The van der Waals surface area contributed by atoms with Gasteiger partial charge in [0.2, 0.25) is 0 Å². The highest BCUT2D eigenvalue weighted by Gasteiger charge is 2.37. The molecule has 2 fully saturated rings. The molecule has 3 heteroatoms. The highest BCUT2D eigenvalue weighted by atomic mass is 15.3. The molecule has 1 aromatic rings. The van der Waals surface area contributed by atoms with Gasteiger partial charge in [-0.3, -0.25) is 9.80 Å². The second-order valence-electron chi connectivity index (χ2n) is 6.44. The maximum atomic E-state index is 6.15. The van der Waals surface area contributed by atoms with E-state index in [1.54, 1.807) is 0 Å². The number of aryl methyl sites for hydroxylation is 1. The van der Waals surface area contributed by atoms with Gasteiger partial charge in [-0.1, -0.05) is 24.3 Å². The number of nitrogens with two attached hydrogens (primary N) is 1. The third-order valence-electron chi connectivity index (χ3n) is 5.16. The van der Waals surface area contributed by atoms with E-state index in [0.717, 1.165) is 6.04 Å². The van der Waals surface area contributed by atoms with Crippen LogP contribution in [0.4, 0.5) is 0 Å².